The first-order valence-electron chi connectivity index (χ1n) is 23.3. The number of fused-ring (bicyclic) bond motifs is 7. The van der Waals surface area contributed by atoms with Gasteiger partial charge in [0.15, 0.2) is 11.7 Å². The Kier molecular flexibility index (Phi) is 12.4. The van der Waals surface area contributed by atoms with Crippen molar-refractivity contribution in [1.82, 2.24) is 4.57 Å². The van der Waals surface area contributed by atoms with Crippen LogP contribution in [0.5, 0.6) is 0 Å². The Bertz CT molecular complexity index is 2720. The predicted octanol–water partition coefficient (Wildman–Crippen LogP) is 15.1. The molecule has 0 N–H and O–H groups in total. The van der Waals surface area contributed by atoms with Crippen LogP contribution in [0.3, 0.4) is 0 Å². The molecule has 0 saturated heterocycles. The van der Waals surface area contributed by atoms with Gasteiger partial charge in [-0.25, -0.2) is 4.57 Å². The minimum absolute atomic E-state index is 0.100. The SMILES string of the molecule is C=CC(=CCC)c1ccc2[n+](c1)C(CC)(CC)C(CCc1ccccc1-c1n(-c3c(C(C)C)cccc3C(C)C)cc[n+]1C)c1ccc3c(sc4cc(CCCC)ccc43)c1-2. The number of hydrogen-bond donors (Lipinski definition) is 0. The number of para-hydroxylation sites is 1. The van der Waals surface area contributed by atoms with Crippen LogP contribution >= 0.6 is 11.3 Å². The molecule has 0 aliphatic carbocycles. The first-order valence-corrected chi connectivity index (χ1v) is 24.1. The van der Waals surface area contributed by atoms with E-state index in [0.29, 0.717) is 17.8 Å². The first kappa shape index (κ1) is 42.6. The zero-order valence-corrected chi connectivity index (χ0v) is 39.1. The molecule has 0 spiro atoms. The molecule has 8 rings (SSSR count). The summed E-state index contributed by atoms with van der Waals surface area (Å²) in [4.78, 5) is 0. The number of pyridine rings is 1. The summed E-state index contributed by atoms with van der Waals surface area (Å²) in [6.07, 6.45) is 20.0. The Hall–Kier alpha value is -5.06. The van der Waals surface area contributed by atoms with Crippen molar-refractivity contribution in [3.05, 3.63) is 156 Å². The van der Waals surface area contributed by atoms with Crippen LogP contribution in [0.25, 0.3) is 54.1 Å². The van der Waals surface area contributed by atoms with Crippen LogP contribution in [-0.4, -0.2) is 4.57 Å². The number of nitrogens with zero attached hydrogens (tertiary/aromatic N) is 3. The van der Waals surface area contributed by atoms with Crippen molar-refractivity contribution in [1.29, 1.82) is 0 Å². The highest BCUT2D eigenvalue weighted by atomic mass is 32.1. The summed E-state index contributed by atoms with van der Waals surface area (Å²) in [5.74, 6) is 2.36. The van der Waals surface area contributed by atoms with Gasteiger partial charge < -0.3 is 0 Å². The van der Waals surface area contributed by atoms with Crippen molar-refractivity contribution in [3.8, 4) is 28.3 Å². The molecule has 3 aromatic heterocycles. The second-order valence-corrected chi connectivity index (χ2v) is 19.2. The number of thiophene rings is 1. The van der Waals surface area contributed by atoms with Crippen LogP contribution in [0.2, 0.25) is 0 Å². The molecule has 1 atom stereocenters. The highest BCUT2D eigenvalue weighted by Gasteiger charge is 2.52. The Morgan fingerprint density at radius 3 is 2.28 bits per heavy atom. The summed E-state index contributed by atoms with van der Waals surface area (Å²) >= 11 is 2.00. The third kappa shape index (κ3) is 7.43. The quantitative estimate of drug-likeness (QED) is 0.0721. The van der Waals surface area contributed by atoms with Gasteiger partial charge in [-0.3, -0.25) is 0 Å². The van der Waals surface area contributed by atoms with Crippen LogP contribution < -0.4 is 9.13 Å². The van der Waals surface area contributed by atoms with E-state index in [2.05, 4.69) is 192 Å². The lowest BCUT2D eigenvalue weighted by Crippen LogP contribution is -2.62. The van der Waals surface area contributed by atoms with E-state index < -0.39 is 0 Å². The number of hydrogen-bond acceptors (Lipinski definition) is 1. The van der Waals surface area contributed by atoms with Crippen LogP contribution in [0.15, 0.2) is 122 Å². The maximum Gasteiger partial charge on any atom is 0.294 e. The van der Waals surface area contributed by atoms with Crippen LogP contribution in [0.1, 0.15) is 145 Å². The maximum absolute atomic E-state index is 4.26. The minimum Gasteiger partial charge on any atom is -0.232 e. The Labute approximate surface area is 370 Å². The van der Waals surface area contributed by atoms with Crippen molar-refractivity contribution in [2.75, 3.05) is 0 Å². The summed E-state index contributed by atoms with van der Waals surface area (Å²) in [6.45, 7) is 22.9. The fourth-order valence-corrected chi connectivity index (χ4v) is 12.1. The second kappa shape index (κ2) is 17.7. The van der Waals surface area contributed by atoms with Crippen LogP contribution in [0, 0.1) is 0 Å². The molecule has 0 amide bonds. The molecule has 0 radical (unpaired) electrons. The maximum atomic E-state index is 4.26. The van der Waals surface area contributed by atoms with Crippen LogP contribution in [-0.2, 0) is 25.4 Å². The molecule has 7 aromatic rings. The zero-order valence-electron chi connectivity index (χ0n) is 38.3. The molecule has 1 unspecified atom stereocenters. The molecule has 0 bridgehead atoms. The fraction of sp³-hybridized carbons (Fsp3) is 0.368. The topological polar surface area (TPSA) is 12.7 Å². The molecular formula is C57H67N3S+2. The number of aryl methyl sites for hydroxylation is 3. The van der Waals surface area contributed by atoms with Gasteiger partial charge in [0.05, 0.1) is 24.1 Å². The van der Waals surface area contributed by atoms with Crippen LogP contribution in [0.4, 0.5) is 0 Å². The van der Waals surface area contributed by atoms with Crippen molar-refractivity contribution >= 4 is 37.1 Å². The number of allylic oxidation sites excluding steroid dienone is 3. The molecule has 0 saturated carbocycles. The summed E-state index contributed by atoms with van der Waals surface area (Å²) in [7, 11) is 2.21. The Morgan fingerprint density at radius 1 is 0.852 bits per heavy atom. The van der Waals surface area contributed by atoms with Gasteiger partial charge in [-0.1, -0.05) is 141 Å². The third-order valence-electron chi connectivity index (χ3n) is 14.0. The number of benzene rings is 4. The highest BCUT2D eigenvalue weighted by molar-refractivity contribution is 7.26. The first-order chi connectivity index (χ1) is 29.6. The van der Waals surface area contributed by atoms with E-state index in [-0.39, 0.29) is 5.54 Å². The normalized spacial score (nSPS) is 14.9. The molecule has 4 aromatic carbocycles. The molecule has 3 nitrogen and oxygen atoms in total. The van der Waals surface area contributed by atoms with Gasteiger partial charge in [-0.2, -0.15) is 9.13 Å². The highest BCUT2D eigenvalue weighted by Crippen LogP contribution is 2.52. The summed E-state index contributed by atoms with van der Waals surface area (Å²) in [6, 6.07) is 33.1. The number of unbranched alkanes of at least 4 members (excludes halogenated alkanes) is 1. The lowest BCUT2D eigenvalue weighted by molar-refractivity contribution is -0.763. The van der Waals surface area contributed by atoms with E-state index in [0.717, 1.165) is 38.5 Å². The van der Waals surface area contributed by atoms with Gasteiger partial charge in [0.2, 0.25) is 5.69 Å². The Balaban J connectivity index is 1.30. The van der Waals surface area contributed by atoms with Crippen molar-refractivity contribution in [2.24, 2.45) is 7.05 Å². The van der Waals surface area contributed by atoms with Crippen molar-refractivity contribution in [3.63, 3.8) is 0 Å². The van der Waals surface area contributed by atoms with E-state index in [1.165, 1.54) is 100 Å². The van der Waals surface area contributed by atoms with Gasteiger partial charge in [0.1, 0.15) is 18.1 Å². The summed E-state index contributed by atoms with van der Waals surface area (Å²) in [5, 5.41) is 2.77. The Morgan fingerprint density at radius 2 is 1.59 bits per heavy atom. The molecule has 4 heterocycles. The number of rotatable bonds is 15. The molecular weight excluding hydrogens is 759 g/mol. The van der Waals surface area contributed by atoms with Gasteiger partial charge in [0, 0.05) is 55.8 Å². The third-order valence-corrected chi connectivity index (χ3v) is 15.2. The molecule has 4 heteroatoms. The summed E-state index contributed by atoms with van der Waals surface area (Å²) in [5.41, 5.74) is 14.9. The lowest BCUT2D eigenvalue weighted by Gasteiger charge is -2.40. The molecule has 61 heavy (non-hydrogen) atoms. The summed E-state index contributed by atoms with van der Waals surface area (Å²) < 4.78 is 10.4. The second-order valence-electron chi connectivity index (χ2n) is 18.1. The van der Waals surface area contributed by atoms with Gasteiger partial charge in [-0.05, 0) is 84.4 Å². The van der Waals surface area contributed by atoms with E-state index in [9.17, 15) is 0 Å². The predicted molar refractivity (Wildman–Crippen MR) is 262 cm³/mol. The van der Waals surface area contributed by atoms with Crippen molar-refractivity contribution < 1.29 is 9.13 Å². The van der Waals surface area contributed by atoms with Gasteiger partial charge in [0.25, 0.3) is 5.82 Å². The van der Waals surface area contributed by atoms with Gasteiger partial charge in [-0.15, -0.1) is 11.3 Å². The lowest BCUT2D eigenvalue weighted by atomic mass is 9.68. The average molecular weight is 826 g/mol. The smallest absolute Gasteiger partial charge is 0.232 e. The molecule has 314 valence electrons. The van der Waals surface area contributed by atoms with E-state index in [4.69, 9.17) is 0 Å². The number of imidazole rings is 1. The zero-order chi connectivity index (χ0) is 43.0. The van der Waals surface area contributed by atoms with Crippen molar-refractivity contribution in [2.45, 2.75) is 130 Å². The number of aromatic nitrogens is 3. The van der Waals surface area contributed by atoms with Gasteiger partial charge >= 0.3 is 0 Å². The molecule has 1 aliphatic rings. The van der Waals surface area contributed by atoms with E-state index in [1.807, 2.05) is 17.4 Å². The largest absolute Gasteiger partial charge is 0.294 e. The van der Waals surface area contributed by atoms with E-state index in [1.54, 1.807) is 0 Å². The standard InChI is InChI=1S/C57H67N3S/c1-11-16-21-40-26-29-47-48-30-31-49-50(57(14-4,15-5)60-37-43(41(13-3)20-12-2)28-33-51(60)53(49)55(48)61-52(47)36-40)32-27-42-22-17-18-23-46(42)56-58(10)34-35-59(56)54-44(38(6)7)24-19-25-45(54)39(8)9/h13,17-20,22-26,28-31,33-39,50H,3,11-12,14-16,21,27,32H2,1-2,4-10H3/q+2. The fourth-order valence-electron chi connectivity index (χ4n) is 10.8. The average Bonchev–Trinajstić information content (AvgIpc) is 3.85. The van der Waals surface area contributed by atoms with E-state index >= 15 is 0 Å². The molecule has 1 aliphatic heterocycles. The minimum atomic E-state index is -0.100. The molecule has 0 fully saturated rings. The monoisotopic (exact) mass is 826 g/mol.